The largest absolute Gasteiger partial charge is 0.507 e. The number of carbonyl (C=O) groups excluding carboxylic acids is 1. The van der Waals surface area contributed by atoms with Gasteiger partial charge in [0.05, 0.1) is 5.56 Å². The van der Waals surface area contributed by atoms with Crippen LogP contribution in [0.2, 0.25) is 0 Å². The smallest absolute Gasteiger partial charge is 0.255 e. The van der Waals surface area contributed by atoms with Crippen molar-refractivity contribution in [3.8, 4) is 5.75 Å². The molecule has 106 valence electrons. The van der Waals surface area contributed by atoms with Crippen LogP contribution >= 0.6 is 28.3 Å². The van der Waals surface area contributed by atoms with Crippen molar-refractivity contribution >= 4 is 34.2 Å². The number of phenolic OH excluding ortho intramolecular Hbond substituents is 1. The highest BCUT2D eigenvalue weighted by Crippen LogP contribution is 2.21. The topological polar surface area (TPSA) is 61.4 Å². The van der Waals surface area contributed by atoms with Gasteiger partial charge in [-0.2, -0.15) is 0 Å². The van der Waals surface area contributed by atoms with Gasteiger partial charge in [0, 0.05) is 11.0 Å². The van der Waals surface area contributed by atoms with E-state index in [9.17, 15) is 9.90 Å². The number of halogens is 2. The summed E-state index contributed by atoms with van der Waals surface area (Å²) in [5.41, 5.74) is 0.313. The van der Waals surface area contributed by atoms with Crippen molar-refractivity contribution in [1.29, 1.82) is 0 Å². The molecule has 0 bridgehead atoms. The first-order chi connectivity index (χ1) is 8.66. The maximum absolute atomic E-state index is 11.9. The average Bonchev–Trinajstić information content (AvgIpc) is 2.40. The van der Waals surface area contributed by atoms with Gasteiger partial charge in [-0.25, -0.2) is 0 Å². The van der Waals surface area contributed by atoms with Gasteiger partial charge in [-0.05, 0) is 50.0 Å². The number of hydrogen-bond donors (Lipinski definition) is 3. The SMILES string of the molecule is Cl.O=C(NCC1CCCNC1)c1cc(Br)ccc1O. The van der Waals surface area contributed by atoms with Crippen LogP contribution in [0.15, 0.2) is 22.7 Å². The summed E-state index contributed by atoms with van der Waals surface area (Å²) in [6.45, 7) is 2.67. The molecule has 0 aliphatic carbocycles. The number of aromatic hydroxyl groups is 1. The highest BCUT2D eigenvalue weighted by Gasteiger charge is 2.16. The summed E-state index contributed by atoms with van der Waals surface area (Å²) in [4.78, 5) is 11.9. The first kappa shape index (κ1) is 16.3. The number of phenols is 1. The van der Waals surface area contributed by atoms with Gasteiger partial charge < -0.3 is 15.7 Å². The van der Waals surface area contributed by atoms with E-state index in [0.29, 0.717) is 18.0 Å². The number of amides is 1. The number of piperidine rings is 1. The van der Waals surface area contributed by atoms with Crippen molar-refractivity contribution in [1.82, 2.24) is 10.6 Å². The standard InChI is InChI=1S/C13H17BrN2O2.ClH/c14-10-3-4-12(17)11(6-10)13(18)16-8-9-2-1-5-15-7-9;/h3-4,6,9,15,17H,1-2,5,7-8H2,(H,16,18);1H. The van der Waals surface area contributed by atoms with E-state index >= 15 is 0 Å². The summed E-state index contributed by atoms with van der Waals surface area (Å²) in [7, 11) is 0. The summed E-state index contributed by atoms with van der Waals surface area (Å²) < 4.78 is 0.782. The zero-order chi connectivity index (χ0) is 13.0. The van der Waals surface area contributed by atoms with E-state index in [1.54, 1.807) is 12.1 Å². The minimum Gasteiger partial charge on any atom is -0.507 e. The van der Waals surface area contributed by atoms with E-state index in [1.165, 1.54) is 6.07 Å². The van der Waals surface area contributed by atoms with E-state index in [1.807, 2.05) is 0 Å². The quantitative estimate of drug-likeness (QED) is 0.785. The fourth-order valence-corrected chi connectivity index (χ4v) is 2.48. The van der Waals surface area contributed by atoms with E-state index in [0.717, 1.165) is 30.4 Å². The molecule has 19 heavy (non-hydrogen) atoms. The Morgan fingerprint density at radius 3 is 3.00 bits per heavy atom. The van der Waals surface area contributed by atoms with Crippen molar-refractivity contribution in [3.05, 3.63) is 28.2 Å². The summed E-state index contributed by atoms with van der Waals surface area (Å²) in [5, 5.41) is 15.8. The molecule has 3 N–H and O–H groups in total. The van der Waals surface area contributed by atoms with Crippen LogP contribution in [0.1, 0.15) is 23.2 Å². The van der Waals surface area contributed by atoms with E-state index in [4.69, 9.17) is 0 Å². The monoisotopic (exact) mass is 348 g/mol. The van der Waals surface area contributed by atoms with Crippen molar-refractivity contribution in [2.75, 3.05) is 19.6 Å². The second kappa shape index (κ2) is 7.72. The number of hydrogen-bond acceptors (Lipinski definition) is 3. The predicted molar refractivity (Wildman–Crippen MR) is 81.0 cm³/mol. The molecule has 0 aromatic heterocycles. The number of nitrogens with one attached hydrogen (secondary N) is 2. The van der Waals surface area contributed by atoms with Crippen LogP contribution in [0.5, 0.6) is 5.75 Å². The van der Waals surface area contributed by atoms with E-state index in [-0.39, 0.29) is 24.1 Å². The molecule has 6 heteroatoms. The maximum Gasteiger partial charge on any atom is 0.255 e. The molecule has 0 saturated carbocycles. The first-order valence-corrected chi connectivity index (χ1v) is 6.93. The predicted octanol–water partition coefficient (Wildman–Crippen LogP) is 2.31. The van der Waals surface area contributed by atoms with Gasteiger partial charge in [0.1, 0.15) is 5.75 Å². The summed E-state index contributed by atoms with van der Waals surface area (Å²) >= 11 is 3.29. The molecule has 1 unspecified atom stereocenters. The van der Waals surface area contributed by atoms with Gasteiger partial charge in [0.25, 0.3) is 5.91 Å². The Kier molecular flexibility index (Phi) is 6.62. The highest BCUT2D eigenvalue weighted by atomic mass is 79.9. The number of rotatable bonds is 3. The van der Waals surface area contributed by atoms with Gasteiger partial charge in [-0.15, -0.1) is 12.4 Å². The lowest BCUT2D eigenvalue weighted by Gasteiger charge is -2.22. The lowest BCUT2D eigenvalue weighted by atomic mass is 9.99. The van der Waals surface area contributed by atoms with Crippen LogP contribution in [-0.2, 0) is 0 Å². The average molecular weight is 350 g/mol. The molecule has 1 atom stereocenters. The fourth-order valence-electron chi connectivity index (χ4n) is 2.12. The van der Waals surface area contributed by atoms with Crippen LogP contribution < -0.4 is 10.6 Å². The molecule has 1 aliphatic heterocycles. The van der Waals surface area contributed by atoms with Crippen molar-refractivity contribution in [3.63, 3.8) is 0 Å². The zero-order valence-electron chi connectivity index (χ0n) is 10.5. The van der Waals surface area contributed by atoms with Gasteiger partial charge in [-0.1, -0.05) is 15.9 Å². The van der Waals surface area contributed by atoms with Gasteiger partial charge in [0.15, 0.2) is 0 Å². The third-order valence-electron chi connectivity index (χ3n) is 3.15. The zero-order valence-corrected chi connectivity index (χ0v) is 12.9. The minimum atomic E-state index is -0.223. The van der Waals surface area contributed by atoms with Gasteiger partial charge in [0.2, 0.25) is 0 Å². The van der Waals surface area contributed by atoms with Gasteiger partial charge in [-0.3, -0.25) is 4.79 Å². The second-order valence-corrected chi connectivity index (χ2v) is 5.50. The third kappa shape index (κ3) is 4.67. The molecule has 0 radical (unpaired) electrons. The Morgan fingerprint density at radius 2 is 2.32 bits per heavy atom. The van der Waals surface area contributed by atoms with Gasteiger partial charge >= 0.3 is 0 Å². The molecule has 4 nitrogen and oxygen atoms in total. The summed E-state index contributed by atoms with van der Waals surface area (Å²) in [6.07, 6.45) is 2.29. The molecule has 1 aliphatic rings. The Balaban J connectivity index is 0.00000180. The van der Waals surface area contributed by atoms with Crippen LogP contribution in [0.25, 0.3) is 0 Å². The summed E-state index contributed by atoms with van der Waals surface area (Å²) in [5.74, 6) is 0.272. The molecular weight excluding hydrogens is 332 g/mol. The van der Waals surface area contributed by atoms with Crippen LogP contribution in [0, 0.1) is 5.92 Å². The molecule has 1 aromatic carbocycles. The molecule has 1 fully saturated rings. The Bertz CT molecular complexity index is 437. The molecule has 0 spiro atoms. The van der Waals surface area contributed by atoms with E-state index in [2.05, 4.69) is 26.6 Å². The Hall–Kier alpha value is -0.780. The number of benzene rings is 1. The van der Waals surface area contributed by atoms with Crippen LogP contribution in [-0.4, -0.2) is 30.6 Å². The Labute approximate surface area is 127 Å². The molecular formula is C13H18BrClN2O2. The highest BCUT2D eigenvalue weighted by molar-refractivity contribution is 9.10. The first-order valence-electron chi connectivity index (χ1n) is 6.14. The number of carbonyl (C=O) groups is 1. The second-order valence-electron chi connectivity index (χ2n) is 4.58. The van der Waals surface area contributed by atoms with E-state index < -0.39 is 0 Å². The van der Waals surface area contributed by atoms with Crippen molar-refractivity contribution in [2.45, 2.75) is 12.8 Å². The molecule has 2 rings (SSSR count). The fraction of sp³-hybridized carbons (Fsp3) is 0.462. The van der Waals surface area contributed by atoms with Crippen LogP contribution in [0.3, 0.4) is 0 Å². The summed E-state index contributed by atoms with van der Waals surface area (Å²) in [6, 6.07) is 4.85. The molecule has 1 saturated heterocycles. The molecule has 1 heterocycles. The van der Waals surface area contributed by atoms with Crippen molar-refractivity contribution < 1.29 is 9.90 Å². The van der Waals surface area contributed by atoms with Crippen LogP contribution in [0.4, 0.5) is 0 Å². The molecule has 1 aromatic rings. The lowest BCUT2D eigenvalue weighted by Crippen LogP contribution is -2.38. The lowest BCUT2D eigenvalue weighted by molar-refractivity contribution is 0.0942. The molecule has 1 amide bonds. The third-order valence-corrected chi connectivity index (χ3v) is 3.65. The maximum atomic E-state index is 11.9. The van der Waals surface area contributed by atoms with Crippen molar-refractivity contribution in [2.24, 2.45) is 5.92 Å². The Morgan fingerprint density at radius 1 is 1.53 bits per heavy atom. The normalized spacial score (nSPS) is 18.5. The minimum absolute atomic E-state index is 0.